The second kappa shape index (κ2) is 4.62. The molecular weight excluding hydrogens is 288 g/mol. The molecule has 0 aliphatic heterocycles. The van der Waals surface area contributed by atoms with Crippen molar-refractivity contribution in [3.63, 3.8) is 0 Å². The Morgan fingerprint density at radius 2 is 1.87 bits per heavy atom. The summed E-state index contributed by atoms with van der Waals surface area (Å²) in [6.07, 6.45) is 7.86. The molecule has 1 spiro atoms. The highest BCUT2D eigenvalue weighted by atomic mass is 16.4. The van der Waals surface area contributed by atoms with E-state index in [9.17, 15) is 15.0 Å². The van der Waals surface area contributed by atoms with Gasteiger partial charge in [-0.15, -0.1) is 0 Å². The van der Waals surface area contributed by atoms with Crippen LogP contribution in [0.2, 0.25) is 0 Å². The molecule has 0 heterocycles. The maximum Gasteiger partial charge on any atom is 0.309 e. The Bertz CT molecular complexity index is 569. The summed E-state index contributed by atoms with van der Waals surface area (Å²) in [4.78, 5) is 12.0. The van der Waals surface area contributed by atoms with E-state index in [4.69, 9.17) is 0 Å². The first-order valence-electron chi connectivity index (χ1n) is 9.36. The summed E-state index contributed by atoms with van der Waals surface area (Å²) in [5.74, 6) is 0.581. The lowest BCUT2D eigenvalue weighted by molar-refractivity contribution is -0.190. The highest BCUT2D eigenvalue weighted by molar-refractivity contribution is 5.75. The largest absolute Gasteiger partial charge is 0.481 e. The molecule has 2 N–H and O–H groups in total. The molecule has 4 aliphatic carbocycles. The third kappa shape index (κ3) is 1.72. The highest BCUT2D eigenvalue weighted by Crippen LogP contribution is 2.72. The molecule has 7 atom stereocenters. The minimum atomic E-state index is -0.616. The standard InChI is InChI=1S/C20H30O3/c1-12-13-5-6-15-18(2)8-4-9-19(3,17(22)23)14(18)7-10-20(15,11-13)16(12)21/h13-16,21H,1,4-11H2,2-3H3,(H,22,23)/t13-,14+,15+,16+,18-,19-,20-/m1/s1. The zero-order valence-corrected chi connectivity index (χ0v) is 14.5. The molecule has 0 unspecified atom stereocenters. The lowest BCUT2D eigenvalue weighted by Crippen LogP contribution is -2.60. The molecule has 0 radical (unpaired) electrons. The zero-order chi connectivity index (χ0) is 16.6. The number of aliphatic carboxylic acids is 1. The van der Waals surface area contributed by atoms with Crippen LogP contribution in [0.4, 0.5) is 0 Å². The lowest BCUT2D eigenvalue weighted by atomic mass is 9.40. The minimum absolute atomic E-state index is 0.0119. The van der Waals surface area contributed by atoms with Crippen LogP contribution in [0.15, 0.2) is 12.2 Å². The van der Waals surface area contributed by atoms with E-state index < -0.39 is 11.4 Å². The predicted molar refractivity (Wildman–Crippen MR) is 88.8 cm³/mol. The highest BCUT2D eigenvalue weighted by Gasteiger charge is 2.67. The fraction of sp³-hybridized carbons (Fsp3) is 0.850. The van der Waals surface area contributed by atoms with Gasteiger partial charge in [-0.25, -0.2) is 0 Å². The summed E-state index contributed by atoms with van der Waals surface area (Å²) in [5.41, 5.74) is 0.514. The van der Waals surface area contributed by atoms with E-state index in [1.807, 2.05) is 6.92 Å². The van der Waals surface area contributed by atoms with Gasteiger partial charge in [-0.3, -0.25) is 4.79 Å². The van der Waals surface area contributed by atoms with Gasteiger partial charge in [-0.05, 0) is 80.6 Å². The van der Waals surface area contributed by atoms with Gasteiger partial charge in [0.05, 0.1) is 11.5 Å². The SMILES string of the molecule is C=C1[C@@H]2CC[C@H]3[C@]4(C)CCC[C@@](C)(C(=O)O)[C@H]4CC[C@]3(C2)[C@H]1O. The van der Waals surface area contributed by atoms with E-state index in [1.165, 1.54) is 0 Å². The van der Waals surface area contributed by atoms with Gasteiger partial charge in [0.1, 0.15) is 0 Å². The summed E-state index contributed by atoms with van der Waals surface area (Å²) in [6, 6.07) is 0. The van der Waals surface area contributed by atoms with Gasteiger partial charge in [0.2, 0.25) is 0 Å². The fourth-order valence-corrected chi connectivity index (χ4v) is 7.62. The van der Waals surface area contributed by atoms with Crippen LogP contribution in [0.3, 0.4) is 0 Å². The Morgan fingerprint density at radius 1 is 1.13 bits per heavy atom. The van der Waals surface area contributed by atoms with Gasteiger partial charge in [0.25, 0.3) is 0 Å². The zero-order valence-electron chi connectivity index (χ0n) is 14.5. The topological polar surface area (TPSA) is 57.5 Å². The van der Waals surface area contributed by atoms with Crippen molar-refractivity contribution in [2.45, 2.75) is 71.3 Å². The summed E-state index contributed by atoms with van der Waals surface area (Å²) >= 11 is 0. The van der Waals surface area contributed by atoms with E-state index in [0.29, 0.717) is 11.8 Å². The first-order valence-corrected chi connectivity index (χ1v) is 9.36. The Hall–Kier alpha value is -0.830. The van der Waals surface area contributed by atoms with Crippen LogP contribution in [0.5, 0.6) is 0 Å². The first-order chi connectivity index (χ1) is 10.8. The molecule has 0 saturated heterocycles. The minimum Gasteiger partial charge on any atom is -0.481 e. The van der Waals surface area contributed by atoms with Crippen LogP contribution < -0.4 is 0 Å². The average Bonchev–Trinajstić information content (AvgIpc) is 2.68. The van der Waals surface area contributed by atoms with Crippen molar-refractivity contribution in [1.29, 1.82) is 0 Å². The number of rotatable bonds is 1. The molecule has 4 fully saturated rings. The van der Waals surface area contributed by atoms with Crippen LogP contribution >= 0.6 is 0 Å². The van der Waals surface area contributed by atoms with E-state index in [2.05, 4.69) is 13.5 Å². The number of aliphatic hydroxyl groups is 1. The van der Waals surface area contributed by atoms with Crippen molar-refractivity contribution in [2.75, 3.05) is 0 Å². The lowest BCUT2D eigenvalue weighted by Gasteiger charge is -2.63. The Labute approximate surface area is 139 Å². The molecular formula is C20H30O3. The number of carboxylic acid groups (broad SMARTS) is 1. The number of carboxylic acids is 1. The van der Waals surface area contributed by atoms with E-state index in [0.717, 1.165) is 56.9 Å². The molecule has 4 saturated carbocycles. The van der Waals surface area contributed by atoms with Crippen molar-refractivity contribution < 1.29 is 15.0 Å². The molecule has 2 bridgehead atoms. The molecule has 4 aliphatic rings. The number of hydrogen-bond acceptors (Lipinski definition) is 2. The van der Waals surface area contributed by atoms with Crippen molar-refractivity contribution >= 4 is 5.97 Å². The van der Waals surface area contributed by atoms with Crippen LogP contribution in [0.25, 0.3) is 0 Å². The summed E-state index contributed by atoms with van der Waals surface area (Å²) in [7, 11) is 0. The Balaban J connectivity index is 1.78. The van der Waals surface area contributed by atoms with Gasteiger partial charge in [-0.2, -0.15) is 0 Å². The summed E-state index contributed by atoms with van der Waals surface area (Å²) in [5, 5.41) is 20.9. The van der Waals surface area contributed by atoms with E-state index in [-0.39, 0.29) is 22.9 Å². The second-order valence-electron chi connectivity index (χ2n) is 9.41. The first kappa shape index (κ1) is 15.7. The summed E-state index contributed by atoms with van der Waals surface area (Å²) < 4.78 is 0. The molecule has 0 aromatic rings. The third-order valence-electron chi connectivity index (χ3n) is 8.70. The van der Waals surface area contributed by atoms with Crippen molar-refractivity contribution in [3.05, 3.63) is 12.2 Å². The van der Waals surface area contributed by atoms with Gasteiger partial charge >= 0.3 is 5.97 Å². The van der Waals surface area contributed by atoms with Gasteiger partial charge in [0.15, 0.2) is 0 Å². The molecule has 23 heavy (non-hydrogen) atoms. The predicted octanol–water partition coefficient (Wildman–Crippen LogP) is 4.01. The molecule has 4 rings (SSSR count). The number of fused-ring (bicyclic) bond motifs is 3. The van der Waals surface area contributed by atoms with E-state index >= 15 is 0 Å². The molecule has 0 aromatic heterocycles. The van der Waals surface area contributed by atoms with Crippen LogP contribution in [0, 0.1) is 34.0 Å². The average molecular weight is 318 g/mol. The molecule has 3 heteroatoms. The third-order valence-corrected chi connectivity index (χ3v) is 8.70. The van der Waals surface area contributed by atoms with Crippen molar-refractivity contribution in [2.24, 2.45) is 34.0 Å². The molecule has 0 aromatic carbocycles. The van der Waals surface area contributed by atoms with Gasteiger partial charge in [-0.1, -0.05) is 19.9 Å². The smallest absolute Gasteiger partial charge is 0.309 e. The maximum absolute atomic E-state index is 12.0. The molecule has 128 valence electrons. The fourth-order valence-electron chi connectivity index (χ4n) is 7.62. The van der Waals surface area contributed by atoms with Crippen LogP contribution in [-0.2, 0) is 4.79 Å². The van der Waals surface area contributed by atoms with Crippen LogP contribution in [0.1, 0.15) is 65.2 Å². The molecule has 0 amide bonds. The van der Waals surface area contributed by atoms with E-state index in [1.54, 1.807) is 0 Å². The van der Waals surface area contributed by atoms with Crippen LogP contribution in [-0.4, -0.2) is 22.3 Å². The van der Waals surface area contributed by atoms with Crippen molar-refractivity contribution in [3.8, 4) is 0 Å². The Morgan fingerprint density at radius 3 is 2.57 bits per heavy atom. The Kier molecular flexibility index (Phi) is 3.15. The number of carbonyl (C=O) groups is 1. The normalized spacial score (nSPS) is 55.2. The monoisotopic (exact) mass is 318 g/mol. The maximum atomic E-state index is 12.0. The number of hydrogen-bond donors (Lipinski definition) is 2. The number of aliphatic hydroxyl groups excluding tert-OH is 1. The second-order valence-corrected chi connectivity index (χ2v) is 9.41. The van der Waals surface area contributed by atoms with Gasteiger partial charge in [0, 0.05) is 5.41 Å². The molecule has 3 nitrogen and oxygen atoms in total. The van der Waals surface area contributed by atoms with Gasteiger partial charge < -0.3 is 10.2 Å². The summed E-state index contributed by atoms with van der Waals surface area (Å²) in [6.45, 7) is 8.53. The quantitative estimate of drug-likeness (QED) is 0.718. The van der Waals surface area contributed by atoms with Crippen molar-refractivity contribution in [1.82, 2.24) is 0 Å².